The summed E-state index contributed by atoms with van der Waals surface area (Å²) in [5.41, 5.74) is 1.81. The van der Waals surface area contributed by atoms with Crippen molar-refractivity contribution in [3.8, 4) is 5.75 Å². The second-order valence-electron chi connectivity index (χ2n) is 7.38. The minimum atomic E-state index is -1.46. The summed E-state index contributed by atoms with van der Waals surface area (Å²) in [5, 5.41) is 23.4. The molecule has 2 aromatic rings. The lowest BCUT2D eigenvalue weighted by Crippen LogP contribution is -2.61. The van der Waals surface area contributed by atoms with Crippen LogP contribution in [0.25, 0.3) is 0 Å². The highest BCUT2D eigenvalue weighted by molar-refractivity contribution is 5.72. The van der Waals surface area contributed by atoms with E-state index in [1.165, 1.54) is 6.92 Å². The Morgan fingerprint density at radius 2 is 1.58 bits per heavy atom. The van der Waals surface area contributed by atoms with E-state index >= 15 is 0 Å². The summed E-state index contributed by atoms with van der Waals surface area (Å²) in [6, 6.07) is 16.9. The van der Waals surface area contributed by atoms with Crippen LogP contribution in [-0.2, 0) is 32.2 Å². The fraction of sp³-hybridized carbons (Fsp3) is 0.435. The van der Waals surface area contributed by atoms with Crippen LogP contribution in [0.1, 0.15) is 18.1 Å². The van der Waals surface area contributed by atoms with Gasteiger partial charge in [-0.1, -0.05) is 42.5 Å². The summed E-state index contributed by atoms with van der Waals surface area (Å²) in [6.45, 7) is 1.95. The minimum Gasteiger partial charge on any atom is -0.497 e. The predicted octanol–water partition coefficient (Wildman–Crippen LogP) is 1.38. The molecule has 0 unspecified atom stereocenters. The van der Waals surface area contributed by atoms with Crippen LogP contribution >= 0.6 is 0 Å². The summed E-state index contributed by atoms with van der Waals surface area (Å²) in [5.74, 6) is 0.496. The molecule has 1 heterocycles. The SMILES string of the molecule is COc1ccc(CO[C@H]2[C@H](OCc3ccccc3)[C@H](O)[C@H](O)O[C@@H]2CNC(C)=O)cc1. The van der Waals surface area contributed by atoms with Gasteiger partial charge in [0, 0.05) is 13.5 Å². The quantitative estimate of drug-likeness (QED) is 0.551. The molecule has 1 aliphatic heterocycles. The summed E-state index contributed by atoms with van der Waals surface area (Å²) in [6.07, 6.45) is -5.06. The van der Waals surface area contributed by atoms with Crippen molar-refractivity contribution in [3.63, 3.8) is 0 Å². The molecule has 0 aromatic heterocycles. The minimum absolute atomic E-state index is 0.109. The molecule has 1 amide bonds. The van der Waals surface area contributed by atoms with E-state index in [9.17, 15) is 15.0 Å². The fourth-order valence-electron chi connectivity index (χ4n) is 3.39. The van der Waals surface area contributed by atoms with Gasteiger partial charge in [0.1, 0.15) is 30.2 Å². The molecule has 0 aliphatic carbocycles. The topological polar surface area (TPSA) is 106 Å². The summed E-state index contributed by atoms with van der Waals surface area (Å²) in [4.78, 5) is 11.4. The molecule has 0 bridgehead atoms. The fourth-order valence-corrected chi connectivity index (χ4v) is 3.39. The maximum atomic E-state index is 11.4. The van der Waals surface area contributed by atoms with Crippen LogP contribution in [0.3, 0.4) is 0 Å². The van der Waals surface area contributed by atoms with Gasteiger partial charge in [-0.3, -0.25) is 4.79 Å². The number of carbonyl (C=O) groups excluding carboxylic acids is 1. The Kier molecular flexibility index (Phi) is 8.39. The maximum Gasteiger partial charge on any atom is 0.216 e. The number of hydrogen-bond acceptors (Lipinski definition) is 7. The van der Waals surface area contributed by atoms with Crippen LogP contribution in [0.5, 0.6) is 5.75 Å². The average molecular weight is 431 g/mol. The van der Waals surface area contributed by atoms with Gasteiger partial charge in [-0.15, -0.1) is 0 Å². The standard InChI is InChI=1S/C23H29NO7/c1-15(25)24-12-19-21(29-14-17-8-10-18(28-2)11-9-17)22(20(26)23(27)31-19)30-13-16-6-4-3-5-7-16/h3-11,19-23,26-27H,12-14H2,1-2H3,(H,24,25)/t19-,20+,21-,22-,23-/m1/s1. The van der Waals surface area contributed by atoms with E-state index in [0.29, 0.717) is 0 Å². The molecule has 1 saturated heterocycles. The van der Waals surface area contributed by atoms with Gasteiger partial charge in [-0.05, 0) is 23.3 Å². The van der Waals surface area contributed by atoms with Crippen molar-refractivity contribution in [1.82, 2.24) is 5.32 Å². The van der Waals surface area contributed by atoms with Gasteiger partial charge in [-0.25, -0.2) is 0 Å². The lowest BCUT2D eigenvalue weighted by molar-refractivity contribution is -0.299. The molecule has 2 aromatic carbocycles. The summed E-state index contributed by atoms with van der Waals surface area (Å²) in [7, 11) is 1.60. The number of nitrogens with one attached hydrogen (secondary N) is 1. The molecule has 0 spiro atoms. The first-order valence-corrected chi connectivity index (χ1v) is 10.1. The zero-order chi connectivity index (χ0) is 22.2. The first-order valence-electron chi connectivity index (χ1n) is 10.1. The average Bonchev–Trinajstić information content (AvgIpc) is 2.78. The largest absolute Gasteiger partial charge is 0.497 e. The number of benzene rings is 2. The van der Waals surface area contributed by atoms with Crippen molar-refractivity contribution < 1.29 is 34.0 Å². The van der Waals surface area contributed by atoms with E-state index < -0.39 is 30.7 Å². The van der Waals surface area contributed by atoms with Crippen LogP contribution in [0, 0.1) is 0 Å². The first-order chi connectivity index (χ1) is 15.0. The van der Waals surface area contributed by atoms with Crippen LogP contribution in [0.15, 0.2) is 54.6 Å². The van der Waals surface area contributed by atoms with E-state index in [2.05, 4.69) is 5.32 Å². The normalized spacial score (nSPS) is 25.7. The molecule has 1 fully saturated rings. The summed E-state index contributed by atoms with van der Waals surface area (Å²) >= 11 is 0. The van der Waals surface area contributed by atoms with Crippen molar-refractivity contribution in [2.75, 3.05) is 13.7 Å². The van der Waals surface area contributed by atoms with E-state index in [0.717, 1.165) is 16.9 Å². The number of aliphatic hydroxyl groups excluding tert-OH is 2. The third-order valence-electron chi connectivity index (χ3n) is 5.07. The second-order valence-corrected chi connectivity index (χ2v) is 7.38. The van der Waals surface area contributed by atoms with Gasteiger partial charge < -0.3 is 34.5 Å². The number of hydrogen-bond donors (Lipinski definition) is 3. The van der Waals surface area contributed by atoms with Crippen molar-refractivity contribution in [2.45, 2.75) is 50.8 Å². The number of methoxy groups -OCH3 is 1. The highest BCUT2D eigenvalue weighted by atomic mass is 16.7. The van der Waals surface area contributed by atoms with Crippen LogP contribution in [-0.4, -0.2) is 60.5 Å². The van der Waals surface area contributed by atoms with E-state index in [-0.39, 0.29) is 25.7 Å². The Balaban J connectivity index is 1.74. The second kappa shape index (κ2) is 11.2. The lowest BCUT2D eigenvalue weighted by Gasteiger charge is -2.42. The molecule has 5 atom stereocenters. The van der Waals surface area contributed by atoms with Gasteiger partial charge >= 0.3 is 0 Å². The Morgan fingerprint density at radius 1 is 0.968 bits per heavy atom. The van der Waals surface area contributed by atoms with Gasteiger partial charge in [-0.2, -0.15) is 0 Å². The number of rotatable bonds is 9. The van der Waals surface area contributed by atoms with Crippen molar-refractivity contribution in [3.05, 3.63) is 65.7 Å². The smallest absolute Gasteiger partial charge is 0.216 e. The number of amides is 1. The first kappa shape index (κ1) is 23.2. The third kappa shape index (κ3) is 6.49. The number of carbonyl (C=O) groups is 1. The van der Waals surface area contributed by atoms with Crippen LogP contribution < -0.4 is 10.1 Å². The van der Waals surface area contributed by atoms with Crippen molar-refractivity contribution in [2.24, 2.45) is 0 Å². The van der Waals surface area contributed by atoms with Crippen molar-refractivity contribution in [1.29, 1.82) is 0 Å². The predicted molar refractivity (Wildman–Crippen MR) is 112 cm³/mol. The van der Waals surface area contributed by atoms with Crippen LogP contribution in [0.2, 0.25) is 0 Å². The monoisotopic (exact) mass is 431 g/mol. The summed E-state index contributed by atoms with van der Waals surface area (Å²) < 4.78 is 22.8. The Hall–Kier alpha value is -2.49. The van der Waals surface area contributed by atoms with Gasteiger partial charge in [0.05, 0.1) is 20.3 Å². The molecule has 0 saturated carbocycles. The zero-order valence-corrected chi connectivity index (χ0v) is 17.6. The molecule has 1 aliphatic rings. The van der Waals surface area contributed by atoms with Gasteiger partial charge in [0.2, 0.25) is 5.91 Å². The molecule has 168 valence electrons. The Labute approximate surface area is 181 Å². The van der Waals surface area contributed by atoms with Crippen LogP contribution in [0.4, 0.5) is 0 Å². The van der Waals surface area contributed by atoms with Crippen molar-refractivity contribution >= 4 is 5.91 Å². The maximum absolute atomic E-state index is 11.4. The molecule has 8 heteroatoms. The number of aliphatic hydroxyl groups is 2. The zero-order valence-electron chi connectivity index (χ0n) is 17.6. The highest BCUT2D eigenvalue weighted by Crippen LogP contribution is 2.27. The molecule has 8 nitrogen and oxygen atoms in total. The van der Waals surface area contributed by atoms with E-state index in [4.69, 9.17) is 18.9 Å². The molecular weight excluding hydrogens is 402 g/mol. The Bertz CT molecular complexity index is 814. The third-order valence-corrected chi connectivity index (χ3v) is 5.07. The lowest BCUT2D eigenvalue weighted by atomic mass is 9.98. The Morgan fingerprint density at radius 3 is 2.19 bits per heavy atom. The van der Waals surface area contributed by atoms with E-state index in [1.54, 1.807) is 7.11 Å². The number of ether oxygens (including phenoxy) is 4. The molecule has 3 N–H and O–H groups in total. The molecule has 0 radical (unpaired) electrons. The highest BCUT2D eigenvalue weighted by Gasteiger charge is 2.46. The van der Waals surface area contributed by atoms with Gasteiger partial charge in [0.15, 0.2) is 6.29 Å². The molecule has 3 rings (SSSR count). The van der Waals surface area contributed by atoms with Gasteiger partial charge in [0.25, 0.3) is 0 Å². The molecular formula is C23H29NO7. The molecule has 31 heavy (non-hydrogen) atoms. The van der Waals surface area contributed by atoms with E-state index in [1.807, 2.05) is 54.6 Å².